The van der Waals surface area contributed by atoms with Crippen LogP contribution in [-0.2, 0) is 0 Å². The Morgan fingerprint density at radius 1 is 1.38 bits per heavy atom. The monoisotopic (exact) mass is 330 g/mol. The van der Waals surface area contributed by atoms with Crippen LogP contribution < -0.4 is 5.32 Å². The number of furan rings is 1. The zero-order valence-electron chi connectivity index (χ0n) is 14.4. The number of hydrogen-bond donors (Lipinski definition) is 2. The first-order chi connectivity index (χ1) is 11.5. The number of benzene rings is 1. The average Bonchev–Trinajstić information content (AvgIpc) is 2.98. The van der Waals surface area contributed by atoms with Crippen molar-refractivity contribution in [2.24, 2.45) is 5.92 Å². The van der Waals surface area contributed by atoms with E-state index in [1.807, 2.05) is 25.1 Å². The third kappa shape index (κ3) is 4.16. The molecular formula is C19H26N2O3. The van der Waals surface area contributed by atoms with Gasteiger partial charge < -0.3 is 19.7 Å². The van der Waals surface area contributed by atoms with Gasteiger partial charge in [-0.2, -0.15) is 0 Å². The van der Waals surface area contributed by atoms with Crippen LogP contribution in [-0.4, -0.2) is 48.2 Å². The minimum atomic E-state index is -0.561. The molecule has 1 aromatic carbocycles. The molecule has 0 saturated carbocycles. The van der Waals surface area contributed by atoms with Crippen LogP contribution >= 0.6 is 0 Å². The van der Waals surface area contributed by atoms with Crippen LogP contribution in [0.5, 0.6) is 0 Å². The molecule has 2 N–H and O–H groups in total. The normalized spacial score (nSPS) is 18.0. The lowest BCUT2D eigenvalue weighted by molar-refractivity contribution is 0.0781. The zero-order valence-corrected chi connectivity index (χ0v) is 14.4. The molecule has 1 aliphatic heterocycles. The number of aliphatic hydroxyl groups is 1. The van der Waals surface area contributed by atoms with Gasteiger partial charge in [0.05, 0.1) is 6.10 Å². The van der Waals surface area contributed by atoms with Gasteiger partial charge in [-0.1, -0.05) is 18.6 Å². The van der Waals surface area contributed by atoms with E-state index in [2.05, 4.69) is 17.1 Å². The third-order valence-corrected chi connectivity index (χ3v) is 4.74. The van der Waals surface area contributed by atoms with Crippen molar-refractivity contribution in [1.82, 2.24) is 10.2 Å². The Morgan fingerprint density at radius 2 is 2.12 bits per heavy atom. The van der Waals surface area contributed by atoms with Crippen LogP contribution in [0.3, 0.4) is 0 Å². The highest BCUT2D eigenvalue weighted by molar-refractivity contribution is 5.96. The Hall–Kier alpha value is -1.85. The van der Waals surface area contributed by atoms with Crippen LogP contribution in [0.2, 0.25) is 0 Å². The highest BCUT2D eigenvalue weighted by Crippen LogP contribution is 2.20. The van der Waals surface area contributed by atoms with Gasteiger partial charge in [0.15, 0.2) is 5.76 Å². The Morgan fingerprint density at radius 3 is 2.88 bits per heavy atom. The molecule has 1 unspecified atom stereocenters. The number of nitrogens with zero attached hydrogens (tertiary/aromatic N) is 1. The fourth-order valence-corrected chi connectivity index (χ4v) is 3.18. The molecule has 1 aliphatic rings. The van der Waals surface area contributed by atoms with E-state index in [0.717, 1.165) is 30.0 Å². The summed E-state index contributed by atoms with van der Waals surface area (Å²) < 4.78 is 5.57. The Bertz CT molecular complexity index is 702. The summed E-state index contributed by atoms with van der Waals surface area (Å²) in [7, 11) is 0. The fourth-order valence-electron chi connectivity index (χ4n) is 3.18. The van der Waals surface area contributed by atoms with E-state index in [4.69, 9.17) is 4.42 Å². The first kappa shape index (κ1) is 17.0. The van der Waals surface area contributed by atoms with Crippen molar-refractivity contribution < 1.29 is 14.3 Å². The molecule has 0 aliphatic carbocycles. The summed E-state index contributed by atoms with van der Waals surface area (Å²) in [5.74, 6) is 0.777. The first-order valence-electron chi connectivity index (χ1n) is 8.70. The van der Waals surface area contributed by atoms with Gasteiger partial charge in [0.2, 0.25) is 0 Å². The third-order valence-electron chi connectivity index (χ3n) is 4.74. The number of β-amino-alcohol motifs (C(OH)–C–C–N with tert-alkyl or cyclic N) is 1. The van der Waals surface area contributed by atoms with Crippen molar-refractivity contribution in [2.75, 3.05) is 26.2 Å². The first-order valence-corrected chi connectivity index (χ1v) is 8.70. The Kier molecular flexibility index (Phi) is 5.21. The van der Waals surface area contributed by atoms with Gasteiger partial charge in [-0.05, 0) is 57.0 Å². The molecule has 3 rings (SSSR count). The molecule has 2 aromatic rings. The summed E-state index contributed by atoms with van der Waals surface area (Å²) in [6, 6.07) is 7.56. The maximum Gasteiger partial charge on any atom is 0.287 e. The average molecular weight is 330 g/mol. The number of rotatable bonds is 5. The van der Waals surface area contributed by atoms with Crippen molar-refractivity contribution in [3.63, 3.8) is 0 Å². The largest absolute Gasteiger partial charge is 0.451 e. The highest BCUT2D eigenvalue weighted by Gasteiger charge is 2.19. The van der Waals surface area contributed by atoms with Gasteiger partial charge in [-0.15, -0.1) is 0 Å². The minimum absolute atomic E-state index is 0.237. The molecule has 5 nitrogen and oxygen atoms in total. The van der Waals surface area contributed by atoms with Gasteiger partial charge >= 0.3 is 0 Å². The molecular weight excluding hydrogens is 304 g/mol. The molecule has 2 heterocycles. The number of likely N-dealkylation sites (tertiary alicyclic amines) is 1. The van der Waals surface area contributed by atoms with E-state index in [1.54, 1.807) is 6.07 Å². The van der Waals surface area contributed by atoms with E-state index >= 15 is 0 Å². The SMILES string of the molecule is Cc1ccc2oc(C(=O)NCC(O)CN3CCC(C)CC3)cc2c1. The molecule has 1 saturated heterocycles. The van der Waals surface area contributed by atoms with Gasteiger partial charge in [0, 0.05) is 18.5 Å². The minimum Gasteiger partial charge on any atom is -0.451 e. The molecule has 1 atom stereocenters. The van der Waals surface area contributed by atoms with Crippen LogP contribution in [0, 0.1) is 12.8 Å². The lowest BCUT2D eigenvalue weighted by Crippen LogP contribution is -2.43. The number of carbonyl (C=O) groups excluding carboxylic acids is 1. The fraction of sp³-hybridized carbons (Fsp3) is 0.526. The van der Waals surface area contributed by atoms with Gasteiger partial charge in [0.25, 0.3) is 5.91 Å². The van der Waals surface area contributed by atoms with Crippen molar-refractivity contribution in [1.29, 1.82) is 0 Å². The van der Waals surface area contributed by atoms with Crippen LogP contribution in [0.15, 0.2) is 28.7 Å². The summed E-state index contributed by atoms with van der Waals surface area (Å²) >= 11 is 0. The van der Waals surface area contributed by atoms with Crippen LogP contribution in [0.1, 0.15) is 35.9 Å². The van der Waals surface area contributed by atoms with Crippen molar-refractivity contribution >= 4 is 16.9 Å². The lowest BCUT2D eigenvalue weighted by atomic mass is 9.99. The number of aliphatic hydroxyl groups excluding tert-OH is 1. The highest BCUT2D eigenvalue weighted by atomic mass is 16.3. The molecule has 5 heteroatoms. The second-order valence-corrected chi connectivity index (χ2v) is 7.00. The molecule has 1 amide bonds. The van der Waals surface area contributed by atoms with Crippen molar-refractivity contribution in [3.8, 4) is 0 Å². The van der Waals surface area contributed by atoms with Crippen molar-refractivity contribution in [2.45, 2.75) is 32.8 Å². The Labute approximate surface area is 142 Å². The summed E-state index contributed by atoms with van der Waals surface area (Å²) in [6.45, 7) is 7.16. The molecule has 0 radical (unpaired) electrons. The second-order valence-electron chi connectivity index (χ2n) is 7.00. The maximum absolute atomic E-state index is 12.2. The standard InChI is InChI=1S/C19H26N2O3/c1-13-5-7-21(8-6-13)12-16(22)11-20-19(23)18-10-15-9-14(2)3-4-17(15)24-18/h3-4,9-10,13,16,22H,5-8,11-12H2,1-2H3,(H,20,23). The molecule has 24 heavy (non-hydrogen) atoms. The number of piperidine rings is 1. The van der Waals surface area contributed by atoms with E-state index in [9.17, 15) is 9.90 Å². The number of aryl methyl sites for hydroxylation is 1. The number of amides is 1. The smallest absolute Gasteiger partial charge is 0.287 e. The zero-order chi connectivity index (χ0) is 17.1. The number of nitrogens with one attached hydrogen (secondary N) is 1. The predicted molar refractivity (Wildman–Crippen MR) is 94.1 cm³/mol. The maximum atomic E-state index is 12.2. The molecule has 1 fully saturated rings. The number of fused-ring (bicyclic) bond motifs is 1. The number of carbonyl (C=O) groups is 1. The summed E-state index contributed by atoms with van der Waals surface area (Å²) in [5, 5.41) is 13.8. The molecule has 0 bridgehead atoms. The second kappa shape index (κ2) is 7.36. The van der Waals surface area contributed by atoms with E-state index < -0.39 is 6.10 Å². The summed E-state index contributed by atoms with van der Waals surface area (Å²) in [4.78, 5) is 14.5. The molecule has 1 aromatic heterocycles. The quantitative estimate of drug-likeness (QED) is 0.884. The van der Waals surface area contributed by atoms with Gasteiger partial charge in [-0.25, -0.2) is 0 Å². The molecule has 130 valence electrons. The van der Waals surface area contributed by atoms with Crippen LogP contribution in [0.4, 0.5) is 0 Å². The lowest BCUT2D eigenvalue weighted by Gasteiger charge is -2.31. The van der Waals surface area contributed by atoms with E-state index in [1.165, 1.54) is 12.8 Å². The molecule has 0 spiro atoms. The summed E-state index contributed by atoms with van der Waals surface area (Å²) in [6.07, 6.45) is 1.79. The van der Waals surface area contributed by atoms with Gasteiger partial charge in [-0.3, -0.25) is 4.79 Å². The predicted octanol–water partition coefficient (Wildman–Crippen LogP) is 2.56. The topological polar surface area (TPSA) is 65.7 Å². The van der Waals surface area contributed by atoms with Crippen molar-refractivity contribution in [3.05, 3.63) is 35.6 Å². The van der Waals surface area contributed by atoms with E-state index in [0.29, 0.717) is 12.1 Å². The number of hydrogen-bond acceptors (Lipinski definition) is 4. The van der Waals surface area contributed by atoms with Crippen LogP contribution in [0.25, 0.3) is 11.0 Å². The van der Waals surface area contributed by atoms with Gasteiger partial charge in [0.1, 0.15) is 5.58 Å². The summed E-state index contributed by atoms with van der Waals surface area (Å²) in [5.41, 5.74) is 1.83. The Balaban J connectivity index is 1.50. The van der Waals surface area contributed by atoms with E-state index in [-0.39, 0.29) is 18.2 Å².